The van der Waals surface area contributed by atoms with E-state index in [4.69, 9.17) is 4.74 Å². The van der Waals surface area contributed by atoms with Gasteiger partial charge in [0.25, 0.3) is 0 Å². The average Bonchev–Trinajstić information content (AvgIpc) is 4.13. The highest BCUT2D eigenvalue weighted by Crippen LogP contribution is 2.40. The van der Waals surface area contributed by atoms with Gasteiger partial charge in [-0.1, -0.05) is 65.8 Å². The number of halogens is 2. The molecule has 2 aliphatic rings. The molecular weight excluding hydrogens is 919 g/mol. The molecule has 72 heavy (non-hydrogen) atoms. The Bertz CT molecular complexity index is 2810. The predicted molar refractivity (Wildman–Crippen MR) is 278 cm³/mol. The number of carbonyl (C=O) groups excluding carboxylic acids is 5. The van der Waals surface area contributed by atoms with Crippen molar-refractivity contribution in [3.8, 4) is 22.5 Å². The number of carbonyl (C=O) groups is 5. The fraction of sp³-hybridized carbons (Fsp3) is 0.518. The molecule has 5 aromatic rings. The summed E-state index contributed by atoms with van der Waals surface area (Å²) >= 11 is 0. The van der Waals surface area contributed by atoms with Crippen LogP contribution in [0.1, 0.15) is 99.1 Å². The summed E-state index contributed by atoms with van der Waals surface area (Å²) in [5.74, 6) is -2.05. The number of ether oxygens (including phenoxy) is 1. The molecule has 16 heteroatoms. The summed E-state index contributed by atoms with van der Waals surface area (Å²) in [6.07, 6.45) is 3.88. The van der Waals surface area contributed by atoms with Gasteiger partial charge in [0.05, 0.1) is 24.3 Å². The Kier molecular flexibility index (Phi) is 16.3. The fourth-order valence-corrected chi connectivity index (χ4v) is 10.5. The zero-order chi connectivity index (χ0) is 52.4. The van der Waals surface area contributed by atoms with Crippen molar-refractivity contribution in [1.82, 2.24) is 40.6 Å². The number of aromatic amines is 1. The lowest BCUT2D eigenvalue weighted by molar-refractivity contribution is -0.141. The van der Waals surface area contributed by atoms with Crippen molar-refractivity contribution in [3.05, 3.63) is 83.4 Å². The molecule has 2 aromatic heterocycles. The molecule has 388 valence electrons. The highest BCUT2D eigenvalue weighted by atomic mass is 19.1. The van der Waals surface area contributed by atoms with Crippen molar-refractivity contribution in [1.29, 1.82) is 0 Å². The molecule has 0 bridgehead atoms. The molecule has 0 radical (unpaired) electrons. The van der Waals surface area contributed by atoms with Gasteiger partial charge >= 0.3 is 5.97 Å². The number of likely N-dealkylation sites (N-methyl/N-ethyl adjacent to an activating group) is 2. The highest BCUT2D eigenvalue weighted by Gasteiger charge is 2.42. The Balaban J connectivity index is 1.28. The quantitative estimate of drug-likeness (QED) is 0.0593. The maximum atomic E-state index is 15.4. The lowest BCUT2D eigenvalue weighted by atomic mass is 9.85. The van der Waals surface area contributed by atoms with Crippen molar-refractivity contribution in [2.75, 3.05) is 33.8 Å². The molecule has 2 fully saturated rings. The minimum absolute atomic E-state index is 0.0701. The molecule has 6 atom stereocenters. The second-order valence-electron chi connectivity index (χ2n) is 21.9. The number of likely N-dealkylation sites (tertiary alicyclic amines) is 2. The summed E-state index contributed by atoms with van der Waals surface area (Å²) in [6, 6.07) is 14.4. The zero-order valence-corrected chi connectivity index (χ0v) is 43.9. The molecule has 14 nitrogen and oxygen atoms in total. The first-order valence-corrected chi connectivity index (χ1v) is 25.4. The summed E-state index contributed by atoms with van der Waals surface area (Å²) in [4.78, 5) is 74.8. The van der Waals surface area contributed by atoms with Crippen molar-refractivity contribution < 1.29 is 37.5 Å². The van der Waals surface area contributed by atoms with Gasteiger partial charge in [-0.2, -0.15) is 0 Å². The molecule has 4 amide bonds. The summed E-state index contributed by atoms with van der Waals surface area (Å²) in [6.45, 7) is 17.9. The van der Waals surface area contributed by atoms with E-state index in [1.807, 2.05) is 75.6 Å². The van der Waals surface area contributed by atoms with Gasteiger partial charge in [-0.3, -0.25) is 24.0 Å². The van der Waals surface area contributed by atoms with Crippen molar-refractivity contribution in [3.63, 3.8) is 0 Å². The minimum Gasteiger partial charge on any atom is -0.464 e. The summed E-state index contributed by atoms with van der Waals surface area (Å²) in [5, 5.41) is 13.5. The molecular formula is C56H74F2N8O6. The zero-order valence-electron chi connectivity index (χ0n) is 43.9. The molecule has 7 rings (SSSR count). The lowest BCUT2D eigenvalue weighted by Crippen LogP contribution is -2.58. The lowest BCUT2D eigenvalue weighted by Gasteiger charge is -2.36. The van der Waals surface area contributed by atoms with Crippen LogP contribution >= 0.6 is 0 Å². The van der Waals surface area contributed by atoms with Crippen LogP contribution in [0, 0.1) is 22.5 Å². The number of nitrogens with one attached hydrogen (secondary N) is 5. The minimum atomic E-state index is -0.792. The van der Waals surface area contributed by atoms with E-state index < -0.39 is 46.8 Å². The number of fused-ring (bicyclic) bond motifs is 2. The molecule has 4 heterocycles. The van der Waals surface area contributed by atoms with Crippen LogP contribution in [0.5, 0.6) is 0 Å². The van der Waals surface area contributed by atoms with Crippen LogP contribution in [0.2, 0.25) is 0 Å². The number of hydrogen-bond acceptors (Lipinski definition) is 8. The topological polar surface area (TPSA) is 170 Å². The van der Waals surface area contributed by atoms with E-state index in [1.165, 1.54) is 31.2 Å². The molecule has 0 unspecified atom stereocenters. The van der Waals surface area contributed by atoms with Crippen LogP contribution in [-0.2, 0) is 48.1 Å². The number of amides is 4. The normalized spacial score (nSPS) is 18.1. The predicted octanol–water partition coefficient (Wildman–Crippen LogP) is 7.64. The number of hydrogen-bond donors (Lipinski definition) is 5. The Morgan fingerprint density at radius 2 is 1.19 bits per heavy atom. The van der Waals surface area contributed by atoms with E-state index >= 15 is 4.39 Å². The molecule has 5 N–H and O–H groups in total. The monoisotopic (exact) mass is 993 g/mol. The number of benzene rings is 3. The first-order valence-electron chi connectivity index (χ1n) is 25.4. The third-order valence-electron chi connectivity index (χ3n) is 14.7. The third kappa shape index (κ3) is 11.5. The number of H-pyrrole nitrogens is 1. The Morgan fingerprint density at radius 1 is 0.694 bits per heavy atom. The molecule has 3 aromatic carbocycles. The van der Waals surface area contributed by atoms with Crippen LogP contribution in [0.3, 0.4) is 0 Å². The van der Waals surface area contributed by atoms with Gasteiger partial charge in [-0.05, 0) is 136 Å². The smallest absolute Gasteiger partial charge is 0.302 e. The maximum absolute atomic E-state index is 15.4. The van der Waals surface area contributed by atoms with E-state index in [0.29, 0.717) is 43.3 Å². The van der Waals surface area contributed by atoms with Gasteiger partial charge in [0.15, 0.2) is 0 Å². The van der Waals surface area contributed by atoms with E-state index in [0.717, 1.165) is 63.8 Å². The maximum Gasteiger partial charge on any atom is 0.302 e. The SMILES string of the molecule is CN[C@H](C)C(=O)N[C@H](C(=O)N1CCC[C@@H]1Cc1c(-c2ccc(-c3c(C[C@@H]4CCCN4C(=O)[C@@H](NC(=O)[C@@H](C)NC)C(C)(C)C)c4cc(F)ccc4n3CCOC(C)=O)cc2)[nH]c2cc(F)ccc12)C(C)(C)C. The van der Waals surface area contributed by atoms with Crippen LogP contribution in [0.15, 0.2) is 60.7 Å². The van der Waals surface area contributed by atoms with E-state index in [2.05, 4.69) is 30.8 Å². The van der Waals surface area contributed by atoms with Crippen LogP contribution in [-0.4, -0.2) is 119 Å². The molecule has 0 aliphatic carbocycles. The second-order valence-corrected chi connectivity index (χ2v) is 21.9. The third-order valence-corrected chi connectivity index (χ3v) is 14.7. The van der Waals surface area contributed by atoms with Crippen LogP contribution in [0.25, 0.3) is 44.3 Å². The average molecular weight is 993 g/mol. The standard InChI is InChI=1S/C56H74F2N8O6/c1-32(59-10)51(68)62-49(55(4,5)6)53(70)64-24-12-14-39(64)30-43-41-22-20-38(58)29-45(41)61-47(43)35-16-18-36(19-17-35)48-44(42-28-37(57)21-23-46(42)66(48)26-27-72-34(3)67)31-40-15-13-25-65(40)54(71)50(56(7,8)9)63-52(69)33(2)60-11/h16-23,28-29,32-33,39-40,49-50,59-61H,12-15,24-27,30-31H2,1-11H3,(H,62,68)(H,63,69)/t32-,33-,39-,40+,49-,50-/m1/s1. The van der Waals surface area contributed by atoms with Crippen LogP contribution < -0.4 is 21.3 Å². The first-order chi connectivity index (χ1) is 34.0. The molecule has 0 spiro atoms. The number of aromatic nitrogens is 2. The van der Waals surface area contributed by atoms with Gasteiger partial charge in [0.1, 0.15) is 30.3 Å². The summed E-state index contributed by atoms with van der Waals surface area (Å²) in [7, 11) is 3.40. The van der Waals surface area contributed by atoms with Gasteiger partial charge in [-0.25, -0.2) is 8.78 Å². The van der Waals surface area contributed by atoms with Crippen LogP contribution in [0.4, 0.5) is 8.78 Å². The molecule has 2 aliphatic heterocycles. The molecule has 0 saturated carbocycles. The Morgan fingerprint density at radius 3 is 1.71 bits per heavy atom. The Hall–Kier alpha value is -6.13. The summed E-state index contributed by atoms with van der Waals surface area (Å²) in [5.41, 5.74) is 5.19. The fourth-order valence-electron chi connectivity index (χ4n) is 10.5. The number of rotatable bonds is 17. The number of esters is 1. The second kappa shape index (κ2) is 21.9. The van der Waals surface area contributed by atoms with Crippen molar-refractivity contribution in [2.24, 2.45) is 10.8 Å². The van der Waals surface area contributed by atoms with Gasteiger partial charge in [0, 0.05) is 59.6 Å². The van der Waals surface area contributed by atoms with Gasteiger partial charge in [0.2, 0.25) is 23.6 Å². The molecule has 2 saturated heterocycles. The summed E-state index contributed by atoms with van der Waals surface area (Å²) < 4.78 is 37.8. The van der Waals surface area contributed by atoms with Crippen molar-refractivity contribution >= 4 is 51.4 Å². The van der Waals surface area contributed by atoms with Gasteiger partial charge in [-0.15, -0.1) is 0 Å². The van der Waals surface area contributed by atoms with E-state index in [-0.39, 0.29) is 54.7 Å². The first kappa shape index (κ1) is 53.7. The highest BCUT2D eigenvalue weighted by molar-refractivity contribution is 5.95. The Labute approximate surface area is 422 Å². The van der Waals surface area contributed by atoms with E-state index in [9.17, 15) is 28.4 Å². The van der Waals surface area contributed by atoms with E-state index in [1.54, 1.807) is 40.1 Å². The number of nitrogens with zero attached hydrogens (tertiary/aromatic N) is 3. The van der Waals surface area contributed by atoms with Gasteiger partial charge < -0.3 is 45.4 Å². The van der Waals surface area contributed by atoms with Crippen molar-refractivity contribution in [2.45, 2.75) is 144 Å². The largest absolute Gasteiger partial charge is 0.464 e.